The second-order valence-corrected chi connectivity index (χ2v) is 4.00. The number of urea groups is 1. The standard InChI is InChI=1S/C11H26N4O/c1-2-3-4-5-6-7-8-9-10-13-15-11(16)14-12/h13H,2-10,12H2,1H3,(H2,14,15,16). The Morgan fingerprint density at radius 3 is 2.12 bits per heavy atom. The van der Waals surface area contributed by atoms with E-state index in [1.165, 1.54) is 44.9 Å². The summed E-state index contributed by atoms with van der Waals surface area (Å²) in [6, 6.07) is -0.403. The Labute approximate surface area is 98.5 Å². The maximum atomic E-state index is 10.6. The maximum absolute atomic E-state index is 10.6. The first-order valence-electron chi connectivity index (χ1n) is 6.30. The first-order chi connectivity index (χ1) is 7.81. The summed E-state index contributed by atoms with van der Waals surface area (Å²) in [7, 11) is 0. The summed E-state index contributed by atoms with van der Waals surface area (Å²) in [5.74, 6) is 4.89. The van der Waals surface area contributed by atoms with E-state index in [9.17, 15) is 4.79 Å². The Hall–Kier alpha value is -0.810. The third-order valence-corrected chi connectivity index (χ3v) is 2.49. The summed E-state index contributed by atoms with van der Waals surface area (Å²) in [6.45, 7) is 3.03. The van der Waals surface area contributed by atoms with Crippen LogP contribution in [0.1, 0.15) is 58.3 Å². The van der Waals surface area contributed by atoms with Gasteiger partial charge in [-0.1, -0.05) is 51.9 Å². The van der Waals surface area contributed by atoms with E-state index >= 15 is 0 Å². The molecule has 0 bridgehead atoms. The Morgan fingerprint density at radius 1 is 1.00 bits per heavy atom. The maximum Gasteiger partial charge on any atom is 0.343 e. The third kappa shape index (κ3) is 11.3. The van der Waals surface area contributed by atoms with Crippen LogP contribution in [0, 0.1) is 0 Å². The Bertz CT molecular complexity index is 164. The molecule has 96 valence electrons. The second kappa shape index (κ2) is 12.3. The molecular weight excluding hydrogens is 204 g/mol. The van der Waals surface area contributed by atoms with Gasteiger partial charge in [-0.05, 0) is 6.42 Å². The van der Waals surface area contributed by atoms with Gasteiger partial charge in [-0.15, -0.1) is 0 Å². The molecule has 2 amide bonds. The van der Waals surface area contributed by atoms with Crippen LogP contribution in [0.4, 0.5) is 4.79 Å². The lowest BCUT2D eigenvalue weighted by Crippen LogP contribution is -2.47. The van der Waals surface area contributed by atoms with E-state index in [0.717, 1.165) is 13.0 Å². The van der Waals surface area contributed by atoms with E-state index in [-0.39, 0.29) is 0 Å². The van der Waals surface area contributed by atoms with E-state index in [0.29, 0.717) is 0 Å². The fraction of sp³-hybridized carbons (Fsp3) is 0.909. The Balaban J connectivity index is 2.96. The van der Waals surface area contributed by atoms with Gasteiger partial charge in [0.1, 0.15) is 0 Å². The molecule has 16 heavy (non-hydrogen) atoms. The van der Waals surface area contributed by atoms with Crippen molar-refractivity contribution >= 4 is 6.03 Å². The van der Waals surface area contributed by atoms with Crippen molar-refractivity contribution < 1.29 is 4.79 Å². The SMILES string of the molecule is CCCCCCCCCCNNC(=O)NN. The average Bonchev–Trinajstić information content (AvgIpc) is 2.31. The van der Waals surface area contributed by atoms with Crippen molar-refractivity contribution in [3.63, 3.8) is 0 Å². The largest absolute Gasteiger partial charge is 0.343 e. The number of nitrogens with one attached hydrogen (secondary N) is 3. The highest BCUT2D eigenvalue weighted by molar-refractivity contribution is 5.72. The first kappa shape index (κ1) is 15.2. The highest BCUT2D eigenvalue weighted by atomic mass is 16.2. The van der Waals surface area contributed by atoms with E-state index in [1.54, 1.807) is 0 Å². The molecule has 0 aliphatic rings. The summed E-state index contributed by atoms with van der Waals surface area (Å²) in [4.78, 5) is 10.6. The summed E-state index contributed by atoms with van der Waals surface area (Å²) in [6.07, 6.45) is 10.3. The van der Waals surface area contributed by atoms with E-state index < -0.39 is 6.03 Å². The Kier molecular flexibility index (Phi) is 11.6. The number of carbonyl (C=O) groups is 1. The fourth-order valence-corrected chi connectivity index (χ4v) is 1.53. The molecule has 0 aliphatic heterocycles. The number of nitrogens with two attached hydrogens (primary N) is 1. The molecule has 0 heterocycles. The normalized spacial score (nSPS) is 10.1. The quantitative estimate of drug-likeness (QED) is 0.200. The molecule has 0 rings (SSSR count). The monoisotopic (exact) mass is 230 g/mol. The van der Waals surface area contributed by atoms with Gasteiger partial charge in [-0.2, -0.15) is 0 Å². The van der Waals surface area contributed by atoms with Gasteiger partial charge < -0.3 is 0 Å². The molecule has 0 saturated carbocycles. The molecule has 0 fully saturated rings. The molecule has 0 atom stereocenters. The van der Waals surface area contributed by atoms with Crippen LogP contribution in [0.2, 0.25) is 0 Å². The molecule has 0 spiro atoms. The lowest BCUT2D eigenvalue weighted by molar-refractivity contribution is 0.236. The zero-order valence-electron chi connectivity index (χ0n) is 10.3. The van der Waals surface area contributed by atoms with Gasteiger partial charge >= 0.3 is 6.03 Å². The van der Waals surface area contributed by atoms with Gasteiger partial charge in [0.25, 0.3) is 0 Å². The minimum absolute atomic E-state index is 0.403. The lowest BCUT2D eigenvalue weighted by atomic mass is 10.1. The zero-order valence-corrected chi connectivity index (χ0v) is 10.3. The van der Waals surface area contributed by atoms with Crippen molar-refractivity contribution in [3.8, 4) is 0 Å². The molecule has 5 nitrogen and oxygen atoms in total. The van der Waals surface area contributed by atoms with Crippen LogP contribution in [0.5, 0.6) is 0 Å². The molecule has 5 heteroatoms. The van der Waals surface area contributed by atoms with Crippen LogP contribution in [-0.2, 0) is 0 Å². The van der Waals surface area contributed by atoms with Crippen molar-refractivity contribution in [2.45, 2.75) is 58.3 Å². The molecule has 0 aliphatic carbocycles. The number of carbonyl (C=O) groups excluding carboxylic acids is 1. The molecule has 0 aromatic heterocycles. The average molecular weight is 230 g/mol. The van der Waals surface area contributed by atoms with Crippen molar-refractivity contribution in [1.82, 2.24) is 16.3 Å². The lowest BCUT2D eigenvalue weighted by Gasteiger charge is -2.05. The summed E-state index contributed by atoms with van der Waals surface area (Å²) in [5, 5.41) is 0. The van der Waals surface area contributed by atoms with Gasteiger partial charge in [-0.25, -0.2) is 16.1 Å². The van der Waals surface area contributed by atoms with E-state index in [1.807, 2.05) is 5.43 Å². The van der Waals surface area contributed by atoms with Crippen LogP contribution in [0.3, 0.4) is 0 Å². The van der Waals surface area contributed by atoms with Gasteiger partial charge in [0.05, 0.1) is 0 Å². The molecule has 0 radical (unpaired) electrons. The molecule has 0 saturated heterocycles. The summed E-state index contributed by atoms with van der Waals surface area (Å²) >= 11 is 0. The Morgan fingerprint density at radius 2 is 1.56 bits per heavy atom. The van der Waals surface area contributed by atoms with Gasteiger partial charge in [0.15, 0.2) is 0 Å². The highest BCUT2D eigenvalue weighted by Gasteiger charge is 1.94. The number of unbranched alkanes of at least 4 members (excludes halogenated alkanes) is 7. The van der Waals surface area contributed by atoms with Gasteiger partial charge in [-0.3, -0.25) is 10.9 Å². The minimum Gasteiger partial charge on any atom is -0.275 e. The van der Waals surface area contributed by atoms with E-state index in [4.69, 9.17) is 5.84 Å². The topological polar surface area (TPSA) is 79.2 Å². The summed E-state index contributed by atoms with van der Waals surface area (Å²) < 4.78 is 0. The van der Waals surface area contributed by atoms with Crippen LogP contribution in [0.25, 0.3) is 0 Å². The number of hydrogen-bond acceptors (Lipinski definition) is 3. The van der Waals surface area contributed by atoms with Crippen LogP contribution in [-0.4, -0.2) is 12.6 Å². The molecule has 0 aromatic rings. The van der Waals surface area contributed by atoms with Gasteiger partial charge in [0.2, 0.25) is 0 Å². The number of hydrazine groups is 2. The number of rotatable bonds is 10. The first-order valence-corrected chi connectivity index (χ1v) is 6.30. The van der Waals surface area contributed by atoms with Crippen LogP contribution in [0.15, 0.2) is 0 Å². The second-order valence-electron chi connectivity index (χ2n) is 4.00. The van der Waals surface area contributed by atoms with Crippen LogP contribution < -0.4 is 22.1 Å². The predicted octanol–water partition coefficient (Wildman–Crippen LogP) is 1.80. The summed E-state index contributed by atoms with van der Waals surface area (Å²) in [5.41, 5.74) is 7.21. The predicted molar refractivity (Wildman–Crippen MR) is 66.5 cm³/mol. The molecule has 0 unspecified atom stereocenters. The highest BCUT2D eigenvalue weighted by Crippen LogP contribution is 2.07. The zero-order chi connectivity index (χ0) is 12.1. The van der Waals surface area contributed by atoms with Crippen molar-refractivity contribution in [1.29, 1.82) is 0 Å². The smallest absolute Gasteiger partial charge is 0.275 e. The van der Waals surface area contributed by atoms with Gasteiger partial charge in [0, 0.05) is 6.54 Å². The van der Waals surface area contributed by atoms with Crippen molar-refractivity contribution in [3.05, 3.63) is 0 Å². The van der Waals surface area contributed by atoms with Crippen LogP contribution >= 0.6 is 0 Å². The third-order valence-electron chi connectivity index (χ3n) is 2.49. The fourth-order valence-electron chi connectivity index (χ4n) is 1.53. The number of hydrogen-bond donors (Lipinski definition) is 4. The molecule has 0 aromatic carbocycles. The van der Waals surface area contributed by atoms with E-state index in [2.05, 4.69) is 17.8 Å². The van der Waals surface area contributed by atoms with Crippen molar-refractivity contribution in [2.24, 2.45) is 5.84 Å². The number of amides is 2. The van der Waals surface area contributed by atoms with Crippen molar-refractivity contribution in [2.75, 3.05) is 6.54 Å². The molecular formula is C11H26N4O. The molecule has 5 N–H and O–H groups in total. The minimum atomic E-state index is -0.403.